The van der Waals surface area contributed by atoms with Gasteiger partial charge in [0.2, 0.25) is 0 Å². The first kappa shape index (κ1) is 11.7. The van der Waals surface area contributed by atoms with Crippen molar-refractivity contribution in [1.29, 1.82) is 0 Å². The lowest BCUT2D eigenvalue weighted by molar-refractivity contribution is 0.443. The first-order valence-corrected chi connectivity index (χ1v) is 5.69. The second kappa shape index (κ2) is 4.94. The second-order valence-electron chi connectivity index (χ2n) is 3.82. The maximum atomic E-state index is 4.23. The maximum Gasteiger partial charge on any atom is 0.0635 e. The number of aryl methyl sites for hydroxylation is 1. The zero-order valence-corrected chi connectivity index (χ0v) is 10.8. The summed E-state index contributed by atoms with van der Waals surface area (Å²) in [7, 11) is 3.98. The Morgan fingerprint density at radius 1 is 1.57 bits per heavy atom. The van der Waals surface area contributed by atoms with Gasteiger partial charge in [0.25, 0.3) is 0 Å². The predicted octanol–water partition coefficient (Wildman–Crippen LogP) is 2.14. The van der Waals surface area contributed by atoms with E-state index in [2.05, 4.69) is 40.2 Å². The number of halogens is 1. The predicted molar refractivity (Wildman–Crippen MR) is 62.4 cm³/mol. The van der Waals surface area contributed by atoms with Gasteiger partial charge in [-0.15, -0.1) is 0 Å². The lowest BCUT2D eigenvalue weighted by Gasteiger charge is -2.20. The highest BCUT2D eigenvalue weighted by Gasteiger charge is 2.19. The van der Waals surface area contributed by atoms with Gasteiger partial charge in [0.05, 0.1) is 16.4 Å². The number of nitrogens with one attached hydrogen (secondary N) is 1. The molecule has 0 aliphatic carbocycles. The van der Waals surface area contributed by atoms with E-state index in [1.807, 2.05) is 25.0 Å². The normalized spacial score (nSPS) is 15.5. The van der Waals surface area contributed by atoms with Crippen molar-refractivity contribution in [3.05, 3.63) is 16.4 Å². The molecule has 4 heteroatoms. The van der Waals surface area contributed by atoms with Gasteiger partial charge in [-0.05, 0) is 35.4 Å². The van der Waals surface area contributed by atoms with E-state index in [0.29, 0.717) is 11.8 Å². The summed E-state index contributed by atoms with van der Waals surface area (Å²) in [6, 6.07) is 0. The Kier molecular flexibility index (Phi) is 4.13. The Hall–Kier alpha value is -0.350. The van der Waals surface area contributed by atoms with E-state index in [0.717, 1.165) is 11.0 Å². The fourth-order valence-corrected chi connectivity index (χ4v) is 2.41. The fraction of sp³-hybridized carbons (Fsp3) is 0.700. The van der Waals surface area contributed by atoms with Crippen molar-refractivity contribution in [3.8, 4) is 0 Å². The van der Waals surface area contributed by atoms with Gasteiger partial charge in [-0.1, -0.05) is 13.8 Å². The molecule has 2 atom stereocenters. The van der Waals surface area contributed by atoms with Gasteiger partial charge in [-0.2, -0.15) is 5.10 Å². The van der Waals surface area contributed by atoms with Crippen molar-refractivity contribution < 1.29 is 0 Å². The van der Waals surface area contributed by atoms with Crippen LogP contribution in [-0.2, 0) is 7.05 Å². The van der Waals surface area contributed by atoms with Gasteiger partial charge >= 0.3 is 0 Å². The van der Waals surface area contributed by atoms with E-state index in [9.17, 15) is 0 Å². The van der Waals surface area contributed by atoms with E-state index >= 15 is 0 Å². The third kappa shape index (κ3) is 2.36. The van der Waals surface area contributed by atoms with Crippen LogP contribution in [0.4, 0.5) is 0 Å². The van der Waals surface area contributed by atoms with Crippen LogP contribution in [0.25, 0.3) is 0 Å². The first-order chi connectivity index (χ1) is 6.57. The van der Waals surface area contributed by atoms with Gasteiger partial charge in [0.1, 0.15) is 0 Å². The van der Waals surface area contributed by atoms with Crippen LogP contribution in [0.2, 0.25) is 0 Å². The number of hydrogen-bond acceptors (Lipinski definition) is 2. The molecule has 0 radical (unpaired) electrons. The zero-order chi connectivity index (χ0) is 10.7. The smallest absolute Gasteiger partial charge is 0.0635 e. The molecule has 3 nitrogen and oxygen atoms in total. The molecule has 1 aromatic heterocycles. The largest absolute Gasteiger partial charge is 0.319 e. The van der Waals surface area contributed by atoms with E-state index in [1.165, 1.54) is 5.69 Å². The Labute approximate surface area is 94.0 Å². The highest BCUT2D eigenvalue weighted by molar-refractivity contribution is 9.10. The van der Waals surface area contributed by atoms with Gasteiger partial charge in [0.15, 0.2) is 0 Å². The molecule has 2 unspecified atom stereocenters. The standard InChI is InChI=1S/C10H18BrN3/c1-7(5-12-3)8(2)10-9(11)6-13-14(10)4/h6-8,12H,5H2,1-4H3. The van der Waals surface area contributed by atoms with Crippen LogP contribution < -0.4 is 5.32 Å². The van der Waals surface area contributed by atoms with E-state index < -0.39 is 0 Å². The van der Waals surface area contributed by atoms with Crippen LogP contribution in [0.5, 0.6) is 0 Å². The van der Waals surface area contributed by atoms with Crippen LogP contribution in [0.15, 0.2) is 10.7 Å². The zero-order valence-electron chi connectivity index (χ0n) is 9.21. The van der Waals surface area contributed by atoms with Gasteiger partial charge < -0.3 is 5.32 Å². The lowest BCUT2D eigenvalue weighted by Crippen LogP contribution is -2.22. The average molecular weight is 260 g/mol. The fourth-order valence-electron chi connectivity index (χ4n) is 1.70. The minimum Gasteiger partial charge on any atom is -0.319 e. The van der Waals surface area contributed by atoms with Crippen molar-refractivity contribution in [2.24, 2.45) is 13.0 Å². The van der Waals surface area contributed by atoms with Crippen LogP contribution in [-0.4, -0.2) is 23.4 Å². The molecule has 1 aromatic rings. The van der Waals surface area contributed by atoms with Crippen LogP contribution in [0.3, 0.4) is 0 Å². The van der Waals surface area contributed by atoms with Gasteiger partial charge in [-0.25, -0.2) is 0 Å². The molecular weight excluding hydrogens is 242 g/mol. The topological polar surface area (TPSA) is 29.9 Å². The monoisotopic (exact) mass is 259 g/mol. The first-order valence-electron chi connectivity index (χ1n) is 4.90. The summed E-state index contributed by atoms with van der Waals surface area (Å²) in [6.07, 6.45) is 1.86. The number of nitrogens with zero attached hydrogens (tertiary/aromatic N) is 2. The molecule has 1 heterocycles. The SMILES string of the molecule is CNCC(C)C(C)c1c(Br)cnn1C. The van der Waals surface area contributed by atoms with E-state index in [4.69, 9.17) is 0 Å². The summed E-state index contributed by atoms with van der Waals surface area (Å²) >= 11 is 3.53. The minimum atomic E-state index is 0.504. The third-order valence-electron chi connectivity index (χ3n) is 2.75. The quantitative estimate of drug-likeness (QED) is 0.898. The van der Waals surface area contributed by atoms with Crippen molar-refractivity contribution in [3.63, 3.8) is 0 Å². The van der Waals surface area contributed by atoms with Crippen LogP contribution in [0, 0.1) is 5.92 Å². The Morgan fingerprint density at radius 3 is 2.64 bits per heavy atom. The highest BCUT2D eigenvalue weighted by Crippen LogP contribution is 2.29. The summed E-state index contributed by atoms with van der Waals surface area (Å²) in [5, 5.41) is 7.43. The lowest BCUT2D eigenvalue weighted by atomic mass is 9.93. The molecular formula is C10H18BrN3. The van der Waals surface area contributed by atoms with Gasteiger partial charge in [0, 0.05) is 13.0 Å². The Morgan fingerprint density at radius 2 is 2.21 bits per heavy atom. The van der Waals surface area contributed by atoms with Crippen molar-refractivity contribution in [2.45, 2.75) is 19.8 Å². The Bertz CT molecular complexity index is 276. The average Bonchev–Trinajstić information content (AvgIpc) is 2.46. The van der Waals surface area contributed by atoms with Crippen molar-refractivity contribution in [1.82, 2.24) is 15.1 Å². The summed E-state index contributed by atoms with van der Waals surface area (Å²) in [6.45, 7) is 5.52. The molecule has 0 saturated heterocycles. The minimum absolute atomic E-state index is 0.504. The highest BCUT2D eigenvalue weighted by atomic mass is 79.9. The molecule has 0 fully saturated rings. The molecule has 0 spiro atoms. The van der Waals surface area contributed by atoms with E-state index in [1.54, 1.807) is 0 Å². The summed E-state index contributed by atoms with van der Waals surface area (Å²) in [4.78, 5) is 0. The molecule has 1 N–H and O–H groups in total. The molecule has 14 heavy (non-hydrogen) atoms. The molecule has 0 saturated carbocycles. The summed E-state index contributed by atoms with van der Waals surface area (Å²) in [5.41, 5.74) is 1.27. The molecule has 1 rings (SSSR count). The summed E-state index contributed by atoms with van der Waals surface area (Å²) < 4.78 is 3.05. The van der Waals surface area contributed by atoms with Crippen molar-refractivity contribution in [2.75, 3.05) is 13.6 Å². The maximum absolute atomic E-state index is 4.23. The number of aromatic nitrogens is 2. The van der Waals surface area contributed by atoms with E-state index in [-0.39, 0.29) is 0 Å². The van der Waals surface area contributed by atoms with Crippen molar-refractivity contribution >= 4 is 15.9 Å². The molecule has 0 aliphatic heterocycles. The Balaban J connectivity index is 2.82. The number of rotatable bonds is 4. The van der Waals surface area contributed by atoms with Crippen LogP contribution >= 0.6 is 15.9 Å². The summed E-state index contributed by atoms with van der Waals surface area (Å²) in [5.74, 6) is 1.11. The van der Waals surface area contributed by atoms with Crippen LogP contribution in [0.1, 0.15) is 25.5 Å². The molecule has 80 valence electrons. The molecule has 0 amide bonds. The molecule has 0 aromatic carbocycles. The van der Waals surface area contributed by atoms with Gasteiger partial charge in [-0.3, -0.25) is 4.68 Å². The third-order valence-corrected chi connectivity index (χ3v) is 3.36. The second-order valence-corrected chi connectivity index (χ2v) is 4.68. The molecule has 0 aliphatic rings. The molecule has 0 bridgehead atoms. The number of hydrogen-bond donors (Lipinski definition) is 1.